The van der Waals surface area contributed by atoms with Gasteiger partial charge in [-0.2, -0.15) is 11.8 Å². The average Bonchev–Trinajstić information content (AvgIpc) is 2.19. The topological polar surface area (TPSA) is 49.3 Å². The van der Waals surface area contributed by atoms with E-state index < -0.39 is 12.0 Å². The summed E-state index contributed by atoms with van der Waals surface area (Å²) in [6, 6.07) is -0.198. The monoisotopic (exact) mass is 249 g/mol. The van der Waals surface area contributed by atoms with Gasteiger partial charge in [0.25, 0.3) is 0 Å². The lowest BCUT2D eigenvalue weighted by molar-refractivity contribution is -0.140. The van der Waals surface area contributed by atoms with Gasteiger partial charge in [-0.15, -0.1) is 11.6 Å². The second kappa shape index (κ2) is 4.52. The Morgan fingerprint density at radius 3 is 3.00 bits per heavy atom. The van der Waals surface area contributed by atoms with E-state index in [-0.39, 0.29) is 11.4 Å². The summed E-state index contributed by atoms with van der Waals surface area (Å²) in [6.45, 7) is 2.18. The molecular weight excluding hydrogens is 234 g/mol. The molecule has 86 valence electrons. The van der Waals surface area contributed by atoms with Gasteiger partial charge in [0.1, 0.15) is 6.04 Å². The molecule has 5 heteroatoms. The van der Waals surface area contributed by atoms with Crippen molar-refractivity contribution in [3.63, 3.8) is 0 Å². The van der Waals surface area contributed by atoms with E-state index >= 15 is 0 Å². The molecule has 0 aromatic rings. The molecule has 0 aromatic heterocycles. The molecule has 2 saturated heterocycles. The maximum atomic E-state index is 11.0. The number of nitrogens with one attached hydrogen (secondary N) is 1. The average molecular weight is 250 g/mol. The third kappa shape index (κ3) is 2.27. The van der Waals surface area contributed by atoms with Gasteiger partial charge < -0.3 is 10.4 Å². The normalized spacial score (nSPS) is 45.9. The molecule has 0 aromatic carbocycles. The van der Waals surface area contributed by atoms with Gasteiger partial charge in [0, 0.05) is 16.7 Å². The number of aliphatic carboxylic acids is 1. The Labute approximate surface area is 98.9 Å². The smallest absolute Gasteiger partial charge is 0.320 e. The van der Waals surface area contributed by atoms with Crippen LogP contribution in [0.15, 0.2) is 0 Å². The van der Waals surface area contributed by atoms with Gasteiger partial charge >= 0.3 is 5.97 Å². The van der Waals surface area contributed by atoms with E-state index in [4.69, 9.17) is 16.7 Å². The molecule has 3 nitrogen and oxygen atoms in total. The van der Waals surface area contributed by atoms with Crippen LogP contribution in [0.25, 0.3) is 0 Å². The van der Waals surface area contributed by atoms with Crippen molar-refractivity contribution in [2.45, 2.75) is 42.5 Å². The fraction of sp³-hybridized carbons (Fsp3) is 0.900. The summed E-state index contributed by atoms with van der Waals surface area (Å²) in [5.41, 5.74) is 0. The van der Waals surface area contributed by atoms with Crippen LogP contribution in [-0.2, 0) is 4.79 Å². The molecule has 2 N–H and O–H groups in total. The fourth-order valence-corrected chi connectivity index (χ4v) is 4.62. The van der Waals surface area contributed by atoms with E-state index in [1.165, 1.54) is 0 Å². The Bertz CT molecular complexity index is 264. The Morgan fingerprint density at radius 2 is 2.33 bits per heavy atom. The van der Waals surface area contributed by atoms with Crippen LogP contribution in [0.3, 0.4) is 0 Å². The lowest BCUT2D eigenvalue weighted by Crippen LogP contribution is -2.60. The maximum Gasteiger partial charge on any atom is 0.320 e. The number of piperidine rings is 1. The first-order valence-corrected chi connectivity index (χ1v) is 6.82. The number of alkyl halides is 1. The second-order valence-electron chi connectivity index (χ2n) is 4.44. The van der Waals surface area contributed by atoms with Crippen LogP contribution in [0.2, 0.25) is 0 Å². The van der Waals surface area contributed by atoms with Crippen molar-refractivity contribution in [1.82, 2.24) is 5.32 Å². The Morgan fingerprint density at radius 1 is 1.60 bits per heavy atom. The first kappa shape index (κ1) is 11.6. The third-order valence-electron chi connectivity index (χ3n) is 3.36. The highest BCUT2D eigenvalue weighted by Gasteiger charge is 2.43. The SMILES string of the molecule is CC1CCSC2C(Cl)CC(C(=O)O)NC12. The predicted molar refractivity (Wildman–Crippen MR) is 62.6 cm³/mol. The first-order chi connectivity index (χ1) is 7.09. The molecule has 2 heterocycles. The van der Waals surface area contributed by atoms with Gasteiger partial charge in [0.2, 0.25) is 0 Å². The quantitative estimate of drug-likeness (QED) is 0.693. The van der Waals surface area contributed by atoms with E-state index in [2.05, 4.69) is 12.2 Å². The van der Waals surface area contributed by atoms with Gasteiger partial charge in [-0.25, -0.2) is 0 Å². The molecule has 0 saturated carbocycles. The van der Waals surface area contributed by atoms with Gasteiger partial charge in [-0.05, 0) is 24.5 Å². The summed E-state index contributed by atoms with van der Waals surface area (Å²) >= 11 is 8.16. The second-order valence-corrected chi connectivity index (χ2v) is 6.28. The Hall–Kier alpha value is 0.0700. The lowest BCUT2D eigenvalue weighted by atomic mass is 9.87. The molecule has 2 fully saturated rings. The first-order valence-electron chi connectivity index (χ1n) is 5.34. The number of thioether (sulfide) groups is 1. The molecule has 0 amide bonds. The molecule has 2 aliphatic heterocycles. The van der Waals surface area contributed by atoms with E-state index in [0.29, 0.717) is 17.6 Å². The fourth-order valence-electron chi connectivity index (χ4n) is 2.42. The van der Waals surface area contributed by atoms with Gasteiger partial charge in [-0.3, -0.25) is 4.79 Å². The highest BCUT2D eigenvalue weighted by atomic mass is 35.5. The van der Waals surface area contributed by atoms with Crippen LogP contribution in [0, 0.1) is 5.92 Å². The highest BCUT2D eigenvalue weighted by Crippen LogP contribution is 2.38. The number of carbonyl (C=O) groups is 1. The molecule has 5 unspecified atom stereocenters. The van der Waals surface area contributed by atoms with E-state index in [9.17, 15) is 4.79 Å². The molecule has 5 atom stereocenters. The Balaban J connectivity index is 2.10. The summed E-state index contributed by atoms with van der Waals surface area (Å²) in [5.74, 6) is 0.895. The zero-order chi connectivity index (χ0) is 11.0. The molecular formula is C10H16ClNO2S. The number of fused-ring (bicyclic) bond motifs is 1. The van der Waals surface area contributed by atoms with Crippen LogP contribution in [0.5, 0.6) is 0 Å². The third-order valence-corrected chi connectivity index (χ3v) is 5.44. The molecule has 0 spiro atoms. The van der Waals surface area contributed by atoms with Gasteiger partial charge in [-0.1, -0.05) is 6.92 Å². The minimum Gasteiger partial charge on any atom is -0.480 e. The molecule has 2 aliphatic rings. The van der Waals surface area contributed by atoms with Crippen LogP contribution < -0.4 is 5.32 Å². The number of carboxylic acid groups (broad SMARTS) is 1. The summed E-state index contributed by atoms with van der Waals surface area (Å²) in [6.07, 6.45) is 1.69. The molecule has 0 bridgehead atoms. The molecule has 0 aliphatic carbocycles. The lowest BCUT2D eigenvalue weighted by Gasteiger charge is -2.44. The van der Waals surface area contributed by atoms with Crippen molar-refractivity contribution in [1.29, 1.82) is 0 Å². The summed E-state index contributed by atoms with van der Waals surface area (Å²) in [7, 11) is 0. The van der Waals surface area contributed by atoms with Crippen LogP contribution in [0.4, 0.5) is 0 Å². The van der Waals surface area contributed by atoms with Crippen molar-refractivity contribution in [2.75, 3.05) is 5.75 Å². The zero-order valence-corrected chi connectivity index (χ0v) is 10.2. The zero-order valence-electron chi connectivity index (χ0n) is 8.65. The minimum atomic E-state index is -0.776. The highest BCUT2D eigenvalue weighted by molar-refractivity contribution is 8.00. The van der Waals surface area contributed by atoms with Crippen molar-refractivity contribution < 1.29 is 9.90 Å². The molecule has 15 heavy (non-hydrogen) atoms. The molecule has 0 radical (unpaired) electrons. The number of carboxylic acids is 1. The van der Waals surface area contributed by atoms with Gasteiger partial charge in [0.05, 0.1) is 0 Å². The molecule has 2 rings (SSSR count). The van der Waals surface area contributed by atoms with Crippen LogP contribution in [-0.4, -0.2) is 39.5 Å². The van der Waals surface area contributed by atoms with Crippen molar-refractivity contribution >= 4 is 29.3 Å². The van der Waals surface area contributed by atoms with Crippen LogP contribution in [0.1, 0.15) is 19.8 Å². The van der Waals surface area contributed by atoms with Crippen molar-refractivity contribution in [2.24, 2.45) is 5.92 Å². The van der Waals surface area contributed by atoms with E-state index in [0.717, 1.165) is 12.2 Å². The number of hydrogen-bond donors (Lipinski definition) is 2. The predicted octanol–water partition coefficient (Wildman–Crippen LogP) is 1.55. The van der Waals surface area contributed by atoms with Crippen molar-refractivity contribution in [3.05, 3.63) is 0 Å². The number of rotatable bonds is 1. The summed E-state index contributed by atoms with van der Waals surface area (Å²) < 4.78 is 0. The van der Waals surface area contributed by atoms with E-state index in [1.54, 1.807) is 0 Å². The van der Waals surface area contributed by atoms with Crippen molar-refractivity contribution in [3.8, 4) is 0 Å². The Kier molecular flexibility index (Phi) is 3.48. The van der Waals surface area contributed by atoms with Gasteiger partial charge in [0.15, 0.2) is 0 Å². The largest absolute Gasteiger partial charge is 0.480 e. The standard InChI is InChI=1S/C10H16ClNO2S/c1-5-2-3-15-9-6(11)4-7(10(13)14)12-8(5)9/h5-9,12H,2-4H2,1H3,(H,13,14). The maximum absolute atomic E-state index is 11.0. The van der Waals surface area contributed by atoms with Crippen LogP contribution >= 0.6 is 23.4 Å². The minimum absolute atomic E-state index is 0.00917. The summed E-state index contributed by atoms with van der Waals surface area (Å²) in [4.78, 5) is 11.0. The number of hydrogen-bond acceptors (Lipinski definition) is 3. The summed E-state index contributed by atoms with van der Waals surface area (Å²) in [5, 5.41) is 12.6. The number of halogens is 1. The van der Waals surface area contributed by atoms with E-state index in [1.807, 2.05) is 11.8 Å².